The third-order valence-corrected chi connectivity index (χ3v) is 15.1. The summed E-state index contributed by atoms with van der Waals surface area (Å²) in [6.45, 7) is 6.17. The van der Waals surface area contributed by atoms with E-state index in [0.29, 0.717) is 53.1 Å². The molecule has 4 aliphatic rings. The molecule has 19 heteroatoms. The molecule has 2 unspecified atom stereocenters. The van der Waals surface area contributed by atoms with Gasteiger partial charge in [-0.1, -0.05) is 74.5 Å². The van der Waals surface area contributed by atoms with E-state index < -0.39 is 30.1 Å². The summed E-state index contributed by atoms with van der Waals surface area (Å²) >= 11 is 4.31. The van der Waals surface area contributed by atoms with Crippen molar-refractivity contribution in [2.24, 2.45) is 0 Å². The topological polar surface area (TPSA) is 210 Å². The Kier molecular flexibility index (Phi) is 17.6. The molecule has 4 aliphatic heterocycles. The van der Waals surface area contributed by atoms with Crippen molar-refractivity contribution in [2.75, 3.05) is 5.73 Å². The van der Waals surface area contributed by atoms with E-state index in [0.717, 1.165) is 48.6 Å². The number of hydrogen-bond acceptors (Lipinski definition) is 13. The number of rotatable bonds is 11. The normalized spacial score (nSPS) is 17.6. The van der Waals surface area contributed by atoms with Crippen LogP contribution < -0.4 is 16.9 Å². The van der Waals surface area contributed by atoms with E-state index in [1.165, 1.54) is 40.0 Å². The standard InChI is InChI=1S/C30H27FN2O4.C17H18FNO.C13H13NO5.H2P2S/c1-3-30(36)23-13-26-27-21(15-33(26)28(34)22(23)16-37-29(30)35)19(11-7-10-18-8-5-4-6-9-18)20-12-17(2)24(31)14-25(20)32-27;1-12-10-14(16(19)11-15(12)18)17(20)9-5-8-13-6-3-2-4-7-13;1-2-13(18)8-5-9-10(15)3-4-14(9)11(16)7(8)6-19-12(13)17;1-2-3/h4-6,8-9,12-14,36H,3,7,10-11,15-16H2,1-2H3;2-4,6-7,10-11H,5,8-9,19H2,1H3;5,18H,2-4,6H2,1H3;1H2/p+1/t30-;;13-;/m0.0./s1/i/hT. The van der Waals surface area contributed by atoms with Gasteiger partial charge in [-0.15, -0.1) is 0 Å². The first-order valence-electron chi connectivity index (χ1n) is 26.4. The minimum Gasteiger partial charge on any atom is -0.458 e. The molecule has 4 aromatic carbocycles. The van der Waals surface area contributed by atoms with Gasteiger partial charge < -0.3 is 34.6 Å². The van der Waals surface area contributed by atoms with E-state index in [4.69, 9.17) is 21.5 Å². The Labute approximate surface area is 465 Å². The number of cyclic esters (lactones) is 2. The zero-order chi connectivity index (χ0) is 57.8. The molecule has 4 atom stereocenters. The molecule has 0 radical (unpaired) electrons. The number of halogens is 2. The van der Waals surface area contributed by atoms with Gasteiger partial charge in [-0.3, -0.25) is 19.2 Å². The van der Waals surface area contributed by atoms with E-state index in [9.17, 15) is 47.8 Å². The summed E-state index contributed by atoms with van der Waals surface area (Å²) in [7, 11) is 2.20. The lowest BCUT2D eigenvalue weighted by Crippen LogP contribution is -2.44. The van der Waals surface area contributed by atoms with E-state index in [-0.39, 0.29) is 100 Å². The quantitative estimate of drug-likeness (QED) is 0.0477. The van der Waals surface area contributed by atoms with Gasteiger partial charge in [0.2, 0.25) is 0 Å². The molecule has 0 aliphatic carbocycles. The number of carbonyl (C=O) groups excluding carboxylic acids is 4. The molecule has 4 N–H and O–H groups in total. The molecule has 0 fully saturated rings. The van der Waals surface area contributed by atoms with Crippen molar-refractivity contribution in [3.05, 3.63) is 196 Å². The number of hydrogen-bond donors (Lipinski definition) is 3. The first-order chi connectivity index (χ1) is 38.1. The van der Waals surface area contributed by atoms with Gasteiger partial charge in [0.25, 0.3) is 11.1 Å². The van der Waals surface area contributed by atoms with Crippen LogP contribution in [0.3, 0.4) is 0 Å². The third-order valence-electron chi connectivity index (χ3n) is 15.1. The SMILES string of the molecule is CC[C@@]1(O)C(=O)OCc2c1cc1n(c2=O)CCC1=O.CC[C@@]1(O)C(=O)OCc2c1cc1n(c2=O)Cc2c-1nc1cc(F)c(C)cc1c2CCCc1ccccc1.Cc1cc(C(=O)CCCc2ccccc2)c(N)cc1F.[3H][P+](P)=S. The van der Waals surface area contributed by atoms with Crippen LogP contribution in [0.2, 0.25) is 0 Å². The number of anilines is 1. The summed E-state index contributed by atoms with van der Waals surface area (Å²) in [5, 5.41) is 22.4. The van der Waals surface area contributed by atoms with Crippen molar-refractivity contribution >= 4 is 67.8 Å². The fourth-order valence-corrected chi connectivity index (χ4v) is 10.6. The molecular weight excluding hydrogens is 1070 g/mol. The fraction of sp³-hybridized carbons (Fsp3) is 0.317. The number of nitrogens with two attached hydrogens (primary N) is 1. The maximum absolute atomic E-state index is 14.6. The average Bonchev–Trinajstić information content (AvgIpc) is 4.10. The highest BCUT2D eigenvalue weighted by Crippen LogP contribution is 2.41. The number of benzene rings is 4. The summed E-state index contributed by atoms with van der Waals surface area (Å²) in [5.74, 6) is -2.39. The van der Waals surface area contributed by atoms with Crippen molar-refractivity contribution in [1.29, 1.82) is 1.28 Å². The molecule has 11 rings (SSSR count). The van der Waals surface area contributed by atoms with Gasteiger partial charge in [0.15, 0.2) is 41.6 Å². The number of esters is 2. The molecule has 7 heterocycles. The van der Waals surface area contributed by atoms with E-state index in [1.807, 2.05) is 54.6 Å². The van der Waals surface area contributed by atoms with Crippen LogP contribution in [0.15, 0.2) is 107 Å². The minimum atomic E-state index is -1.89. The highest BCUT2D eigenvalue weighted by atomic mass is 32.6. The molecule has 0 saturated heterocycles. The summed E-state index contributed by atoms with van der Waals surface area (Å²) in [6.07, 6.45) is 5.00. The molecule has 0 amide bonds. The van der Waals surface area contributed by atoms with Crippen LogP contribution in [0.25, 0.3) is 22.3 Å². The third kappa shape index (κ3) is 11.7. The number of aryl methyl sites for hydroxylation is 5. The Hall–Kier alpha value is -7.00. The molecule has 7 aromatic rings. The Morgan fingerprint density at radius 1 is 0.759 bits per heavy atom. The van der Waals surface area contributed by atoms with Gasteiger partial charge in [-0.05, 0) is 117 Å². The number of fused-ring (bicyclic) bond motifs is 7. The lowest BCUT2D eigenvalue weighted by atomic mass is 9.86. The van der Waals surface area contributed by atoms with Crippen LogP contribution in [0.5, 0.6) is 0 Å². The van der Waals surface area contributed by atoms with Gasteiger partial charge >= 0.3 is 13.2 Å². The minimum absolute atomic E-state index is 0.0264. The maximum atomic E-state index is 14.6. The number of ether oxygens (including phenoxy) is 2. The molecule has 0 spiro atoms. The number of nitrogen functional groups attached to an aromatic ring is 1. The maximum Gasteiger partial charge on any atom is 0.355 e. The molecule has 3 aromatic heterocycles. The number of carbonyl (C=O) groups is 4. The Balaban J connectivity index is 0.000000165. The van der Waals surface area contributed by atoms with Crippen LogP contribution in [0.4, 0.5) is 14.5 Å². The highest BCUT2D eigenvalue weighted by Gasteiger charge is 2.47. The number of ketones is 2. The van der Waals surface area contributed by atoms with Gasteiger partial charge in [0, 0.05) is 58.8 Å². The van der Waals surface area contributed by atoms with Crippen LogP contribution in [-0.2, 0) is 87.6 Å². The first-order valence-corrected chi connectivity index (χ1v) is 29.5. The van der Waals surface area contributed by atoms with Crippen molar-refractivity contribution in [2.45, 2.75) is 123 Å². The second kappa shape index (κ2) is 24.6. The van der Waals surface area contributed by atoms with Crippen LogP contribution in [0, 0.1) is 25.5 Å². The second-order valence-corrected chi connectivity index (χ2v) is 22.6. The van der Waals surface area contributed by atoms with Crippen LogP contribution in [-0.4, -0.2) is 49.1 Å². The largest absolute Gasteiger partial charge is 0.458 e. The van der Waals surface area contributed by atoms with Gasteiger partial charge in [0.05, 0.1) is 49.2 Å². The van der Waals surface area contributed by atoms with Gasteiger partial charge in [0.1, 0.15) is 24.8 Å². The number of aromatic nitrogens is 3. The van der Waals surface area contributed by atoms with E-state index >= 15 is 0 Å². The molecule has 410 valence electrons. The predicted molar refractivity (Wildman–Crippen MR) is 306 cm³/mol. The summed E-state index contributed by atoms with van der Waals surface area (Å²) in [4.78, 5) is 78.7. The van der Waals surface area contributed by atoms with Crippen molar-refractivity contribution in [1.82, 2.24) is 14.1 Å². The van der Waals surface area contributed by atoms with Crippen molar-refractivity contribution in [3.8, 4) is 11.4 Å². The zero-order valence-corrected chi connectivity index (χ0v) is 47.1. The van der Waals surface area contributed by atoms with Gasteiger partial charge in [-0.2, -0.15) is 0 Å². The smallest absolute Gasteiger partial charge is 0.355 e. The molecule has 14 nitrogen and oxygen atoms in total. The monoisotopic (exact) mass is 1130 g/mol. The Bertz CT molecular complexity index is 3750. The van der Waals surface area contributed by atoms with Crippen molar-refractivity contribution < 1.29 is 47.6 Å². The van der Waals surface area contributed by atoms with Gasteiger partial charge in [-0.25, -0.2) is 23.4 Å². The lowest BCUT2D eigenvalue weighted by molar-refractivity contribution is -0.172. The Morgan fingerprint density at radius 2 is 1.28 bits per heavy atom. The molecular formula is C60H61F2N4O10P2S+. The average molecular weight is 1130 g/mol. The lowest BCUT2D eigenvalue weighted by Gasteiger charge is -2.31. The van der Waals surface area contributed by atoms with Crippen molar-refractivity contribution in [3.63, 3.8) is 0 Å². The summed E-state index contributed by atoms with van der Waals surface area (Å²) < 4.78 is 47.4. The van der Waals surface area contributed by atoms with Crippen LogP contribution in [0.1, 0.15) is 129 Å². The fourth-order valence-electron chi connectivity index (χ4n) is 10.6. The number of nitrogens with zero attached hydrogens (tertiary/aromatic N) is 3. The zero-order valence-electron chi connectivity index (χ0n) is 45.2. The first kappa shape index (κ1) is 56.7. The summed E-state index contributed by atoms with van der Waals surface area (Å²) in [6, 6.07) is 29.5. The molecule has 0 saturated carbocycles. The predicted octanol–water partition coefficient (Wildman–Crippen LogP) is 9.63. The Morgan fingerprint density at radius 3 is 1.85 bits per heavy atom. The number of aliphatic hydroxyl groups is 2. The van der Waals surface area contributed by atoms with E-state index in [2.05, 4.69) is 32.9 Å². The number of Topliss-reactive ketones (excluding diaryl/α,β-unsaturated/α-hetero) is 2. The van der Waals surface area contributed by atoms with Crippen LogP contribution >= 0.6 is 15.9 Å². The summed E-state index contributed by atoms with van der Waals surface area (Å²) in [5.41, 5.74) is 10.4. The molecule has 0 bridgehead atoms. The number of pyridine rings is 3. The molecule has 79 heavy (non-hydrogen) atoms. The van der Waals surface area contributed by atoms with E-state index in [1.54, 1.807) is 38.3 Å². The second-order valence-electron chi connectivity index (χ2n) is 19.9. The highest BCUT2D eigenvalue weighted by molar-refractivity contribution is 8.24.